The molecule has 1 fully saturated rings. The third-order valence-electron chi connectivity index (χ3n) is 4.74. The number of nitrogens with one attached hydrogen (secondary N) is 1. The fourth-order valence-electron chi connectivity index (χ4n) is 3.13. The van der Waals surface area contributed by atoms with E-state index in [2.05, 4.69) is 39.4 Å². The standard InChI is InChI=1S/C22H26FN3O/c23-20-10-4-5-11-21(20)24-22(27)12-14-26-17-15-25(16-18-26)13-6-9-19-7-2-1-3-8-19/h1-11H,12-18H2,(H,24,27)/b9-6-. The lowest BCUT2D eigenvalue weighted by molar-refractivity contribution is -0.116. The Morgan fingerprint density at radius 1 is 0.963 bits per heavy atom. The van der Waals surface area contributed by atoms with Crippen molar-refractivity contribution in [3.05, 3.63) is 72.1 Å². The van der Waals surface area contributed by atoms with Gasteiger partial charge in [-0.1, -0.05) is 54.6 Å². The van der Waals surface area contributed by atoms with Gasteiger partial charge in [-0.25, -0.2) is 4.39 Å². The van der Waals surface area contributed by atoms with Crippen molar-refractivity contribution in [3.8, 4) is 0 Å². The number of rotatable bonds is 7. The van der Waals surface area contributed by atoms with E-state index in [1.165, 1.54) is 11.6 Å². The molecule has 0 aromatic heterocycles. The normalized spacial score (nSPS) is 15.9. The van der Waals surface area contributed by atoms with E-state index < -0.39 is 5.82 Å². The number of carbonyl (C=O) groups excluding carboxylic acids is 1. The molecule has 0 radical (unpaired) electrons. The second-order valence-electron chi connectivity index (χ2n) is 6.73. The van der Waals surface area contributed by atoms with Gasteiger partial charge in [-0.3, -0.25) is 9.69 Å². The van der Waals surface area contributed by atoms with Crippen molar-refractivity contribution in [2.24, 2.45) is 0 Å². The second kappa shape index (κ2) is 10.00. The van der Waals surface area contributed by atoms with Gasteiger partial charge in [0.15, 0.2) is 0 Å². The Kier molecular flexibility index (Phi) is 7.13. The number of piperazine rings is 1. The zero-order valence-corrected chi connectivity index (χ0v) is 15.5. The highest BCUT2D eigenvalue weighted by Gasteiger charge is 2.16. The summed E-state index contributed by atoms with van der Waals surface area (Å²) < 4.78 is 13.6. The van der Waals surface area contributed by atoms with Crippen LogP contribution < -0.4 is 5.32 Å². The highest BCUT2D eigenvalue weighted by molar-refractivity contribution is 5.90. The average molecular weight is 367 g/mol. The third kappa shape index (κ3) is 6.31. The zero-order chi connectivity index (χ0) is 18.9. The lowest BCUT2D eigenvalue weighted by Gasteiger charge is -2.34. The molecular formula is C22H26FN3O. The summed E-state index contributed by atoms with van der Waals surface area (Å²) in [6.45, 7) is 5.53. The van der Waals surface area contributed by atoms with Gasteiger partial charge in [0.25, 0.3) is 0 Å². The number of halogens is 1. The van der Waals surface area contributed by atoms with E-state index in [4.69, 9.17) is 0 Å². The first-order chi connectivity index (χ1) is 13.2. The molecule has 142 valence electrons. The maximum Gasteiger partial charge on any atom is 0.225 e. The van der Waals surface area contributed by atoms with E-state index in [1.54, 1.807) is 18.2 Å². The van der Waals surface area contributed by atoms with Gasteiger partial charge < -0.3 is 10.2 Å². The van der Waals surface area contributed by atoms with Crippen molar-refractivity contribution in [1.82, 2.24) is 9.80 Å². The van der Waals surface area contributed by atoms with E-state index in [0.717, 1.165) is 32.7 Å². The molecule has 5 heteroatoms. The van der Waals surface area contributed by atoms with Crippen molar-refractivity contribution < 1.29 is 9.18 Å². The largest absolute Gasteiger partial charge is 0.324 e. The van der Waals surface area contributed by atoms with Gasteiger partial charge in [-0.05, 0) is 17.7 Å². The molecule has 0 bridgehead atoms. The number of para-hydroxylation sites is 1. The number of amides is 1. The van der Waals surface area contributed by atoms with Crippen molar-refractivity contribution in [3.63, 3.8) is 0 Å². The summed E-state index contributed by atoms with van der Waals surface area (Å²) in [5, 5.41) is 2.64. The Morgan fingerprint density at radius 2 is 1.63 bits per heavy atom. The van der Waals surface area contributed by atoms with Crippen LogP contribution >= 0.6 is 0 Å². The molecule has 0 spiro atoms. The number of anilines is 1. The Labute approximate surface area is 160 Å². The maximum atomic E-state index is 13.6. The monoisotopic (exact) mass is 367 g/mol. The number of hydrogen-bond donors (Lipinski definition) is 1. The molecule has 3 rings (SSSR count). The molecular weight excluding hydrogens is 341 g/mol. The Bertz CT molecular complexity index is 755. The van der Waals surface area contributed by atoms with Crippen molar-refractivity contribution in [2.45, 2.75) is 6.42 Å². The van der Waals surface area contributed by atoms with Gasteiger partial charge in [-0.2, -0.15) is 0 Å². The van der Waals surface area contributed by atoms with Crippen LogP contribution in [0.1, 0.15) is 12.0 Å². The molecule has 1 N–H and O–H groups in total. The van der Waals surface area contributed by atoms with Gasteiger partial charge in [0.1, 0.15) is 5.82 Å². The molecule has 1 heterocycles. The zero-order valence-electron chi connectivity index (χ0n) is 15.5. The highest BCUT2D eigenvalue weighted by Crippen LogP contribution is 2.13. The van der Waals surface area contributed by atoms with Gasteiger partial charge in [0.2, 0.25) is 5.91 Å². The third-order valence-corrected chi connectivity index (χ3v) is 4.74. The first-order valence-electron chi connectivity index (χ1n) is 9.41. The van der Waals surface area contributed by atoms with Crippen LogP contribution in [0.25, 0.3) is 6.08 Å². The highest BCUT2D eigenvalue weighted by atomic mass is 19.1. The summed E-state index contributed by atoms with van der Waals surface area (Å²) in [5.74, 6) is -0.545. The van der Waals surface area contributed by atoms with Crippen LogP contribution in [0.5, 0.6) is 0 Å². The fourth-order valence-corrected chi connectivity index (χ4v) is 3.13. The predicted molar refractivity (Wildman–Crippen MR) is 108 cm³/mol. The summed E-state index contributed by atoms with van der Waals surface area (Å²) in [6.07, 6.45) is 4.73. The van der Waals surface area contributed by atoms with Gasteiger partial charge in [0.05, 0.1) is 5.69 Å². The van der Waals surface area contributed by atoms with E-state index >= 15 is 0 Å². The molecule has 4 nitrogen and oxygen atoms in total. The summed E-state index contributed by atoms with van der Waals surface area (Å²) in [5.41, 5.74) is 1.47. The molecule has 27 heavy (non-hydrogen) atoms. The minimum Gasteiger partial charge on any atom is -0.324 e. The molecule has 2 aromatic carbocycles. The number of carbonyl (C=O) groups is 1. The lowest BCUT2D eigenvalue weighted by Crippen LogP contribution is -2.46. The molecule has 0 atom stereocenters. The number of nitrogens with zero attached hydrogens (tertiary/aromatic N) is 2. The Morgan fingerprint density at radius 3 is 2.37 bits per heavy atom. The van der Waals surface area contributed by atoms with Gasteiger partial charge in [0, 0.05) is 45.7 Å². The van der Waals surface area contributed by atoms with Crippen LogP contribution in [0.15, 0.2) is 60.7 Å². The molecule has 1 aliphatic rings. The van der Waals surface area contributed by atoms with Crippen LogP contribution in [-0.2, 0) is 4.79 Å². The fraction of sp³-hybridized carbons (Fsp3) is 0.318. The minimum atomic E-state index is -0.400. The minimum absolute atomic E-state index is 0.145. The van der Waals surface area contributed by atoms with Gasteiger partial charge >= 0.3 is 0 Å². The predicted octanol–water partition coefficient (Wildman–Crippen LogP) is 3.49. The van der Waals surface area contributed by atoms with Crippen LogP contribution in [0.3, 0.4) is 0 Å². The van der Waals surface area contributed by atoms with Crippen LogP contribution in [0.2, 0.25) is 0 Å². The first kappa shape index (κ1) is 19.3. The smallest absolute Gasteiger partial charge is 0.225 e. The van der Waals surface area contributed by atoms with E-state index in [1.807, 2.05) is 18.2 Å². The molecule has 1 saturated heterocycles. The van der Waals surface area contributed by atoms with Crippen LogP contribution in [0, 0.1) is 5.82 Å². The Hall–Kier alpha value is -2.50. The quantitative estimate of drug-likeness (QED) is 0.814. The van der Waals surface area contributed by atoms with Crippen molar-refractivity contribution in [1.29, 1.82) is 0 Å². The van der Waals surface area contributed by atoms with Crippen LogP contribution in [-0.4, -0.2) is 55.0 Å². The Balaban J connectivity index is 1.34. The van der Waals surface area contributed by atoms with Crippen molar-refractivity contribution >= 4 is 17.7 Å². The molecule has 1 aliphatic heterocycles. The van der Waals surface area contributed by atoms with Gasteiger partial charge in [-0.15, -0.1) is 0 Å². The molecule has 0 unspecified atom stereocenters. The molecule has 1 amide bonds. The summed E-state index contributed by atoms with van der Waals surface area (Å²) >= 11 is 0. The maximum absolute atomic E-state index is 13.6. The number of hydrogen-bond acceptors (Lipinski definition) is 3. The summed E-state index contributed by atoms with van der Waals surface area (Å²) in [6, 6.07) is 16.6. The van der Waals surface area contributed by atoms with E-state index in [0.29, 0.717) is 13.0 Å². The lowest BCUT2D eigenvalue weighted by atomic mass is 10.2. The van der Waals surface area contributed by atoms with Crippen LogP contribution in [0.4, 0.5) is 10.1 Å². The van der Waals surface area contributed by atoms with E-state index in [9.17, 15) is 9.18 Å². The molecule has 0 aliphatic carbocycles. The summed E-state index contributed by atoms with van der Waals surface area (Å²) in [7, 11) is 0. The SMILES string of the molecule is O=C(CCN1CCN(C/C=C\c2ccccc2)CC1)Nc1ccccc1F. The average Bonchev–Trinajstić information content (AvgIpc) is 2.70. The molecule has 2 aromatic rings. The van der Waals surface area contributed by atoms with Crippen molar-refractivity contribution in [2.75, 3.05) is 44.6 Å². The summed E-state index contributed by atoms with van der Waals surface area (Å²) in [4.78, 5) is 16.7. The van der Waals surface area contributed by atoms with E-state index in [-0.39, 0.29) is 11.6 Å². The number of benzene rings is 2. The molecule has 0 saturated carbocycles. The first-order valence-corrected chi connectivity index (χ1v) is 9.41. The second-order valence-corrected chi connectivity index (χ2v) is 6.73. The topological polar surface area (TPSA) is 35.6 Å².